The first-order valence-corrected chi connectivity index (χ1v) is 10.1. The summed E-state index contributed by atoms with van der Waals surface area (Å²) in [5.74, 6) is 0.988. The van der Waals surface area contributed by atoms with Gasteiger partial charge in [0.15, 0.2) is 0 Å². The number of carbonyl (C=O) groups is 2. The highest BCUT2D eigenvalue weighted by atomic mass is 16.5. The van der Waals surface area contributed by atoms with Crippen molar-refractivity contribution in [1.82, 2.24) is 15.1 Å². The Balaban J connectivity index is 1.47. The van der Waals surface area contributed by atoms with E-state index in [9.17, 15) is 9.59 Å². The van der Waals surface area contributed by atoms with Gasteiger partial charge in [0, 0.05) is 64.3 Å². The molecule has 0 saturated carbocycles. The van der Waals surface area contributed by atoms with Gasteiger partial charge in [-0.15, -0.1) is 0 Å². The summed E-state index contributed by atoms with van der Waals surface area (Å²) >= 11 is 0. The fourth-order valence-electron chi connectivity index (χ4n) is 3.74. The summed E-state index contributed by atoms with van der Waals surface area (Å²) in [4.78, 5) is 28.5. The molecule has 2 heterocycles. The van der Waals surface area contributed by atoms with Crippen LogP contribution in [0.15, 0.2) is 24.3 Å². The number of nitrogens with one attached hydrogen (secondary N) is 1. The molecule has 154 valence electrons. The molecule has 0 radical (unpaired) electrons. The number of rotatable bonds is 6. The third-order valence-electron chi connectivity index (χ3n) is 5.37. The van der Waals surface area contributed by atoms with Crippen LogP contribution in [0.1, 0.15) is 36.5 Å². The first-order valence-electron chi connectivity index (χ1n) is 10.1. The van der Waals surface area contributed by atoms with Crippen molar-refractivity contribution in [2.24, 2.45) is 0 Å². The van der Waals surface area contributed by atoms with Gasteiger partial charge >= 0.3 is 0 Å². The molecule has 1 aromatic carbocycles. The van der Waals surface area contributed by atoms with Gasteiger partial charge in [0.1, 0.15) is 11.9 Å². The van der Waals surface area contributed by atoms with Crippen LogP contribution in [-0.4, -0.2) is 80.2 Å². The van der Waals surface area contributed by atoms with E-state index < -0.39 is 0 Å². The molecule has 28 heavy (non-hydrogen) atoms. The number of piperazine rings is 1. The Labute approximate surface area is 167 Å². The van der Waals surface area contributed by atoms with Crippen molar-refractivity contribution in [2.45, 2.75) is 38.3 Å². The SMILES string of the molecule is COCCC(=O)N1CCC(Oc2ccc(C(=O)N3CCN[C@H](C)C3)cc2)CC1. The fraction of sp³-hybridized carbons (Fsp3) is 0.619. The summed E-state index contributed by atoms with van der Waals surface area (Å²) in [6.07, 6.45) is 2.17. The zero-order valence-corrected chi connectivity index (χ0v) is 16.9. The van der Waals surface area contributed by atoms with Crippen LogP contribution in [0.25, 0.3) is 0 Å². The maximum atomic E-state index is 12.6. The molecule has 0 bridgehead atoms. The van der Waals surface area contributed by atoms with Gasteiger partial charge in [-0.1, -0.05) is 0 Å². The third kappa shape index (κ3) is 5.45. The van der Waals surface area contributed by atoms with Gasteiger partial charge in [-0.25, -0.2) is 0 Å². The second-order valence-corrected chi connectivity index (χ2v) is 7.57. The van der Waals surface area contributed by atoms with Gasteiger partial charge in [-0.05, 0) is 31.2 Å². The number of benzene rings is 1. The van der Waals surface area contributed by atoms with E-state index in [2.05, 4.69) is 12.2 Å². The lowest BCUT2D eigenvalue weighted by Crippen LogP contribution is -2.51. The minimum atomic E-state index is 0.0720. The van der Waals surface area contributed by atoms with E-state index >= 15 is 0 Å². The first kappa shape index (κ1) is 20.6. The van der Waals surface area contributed by atoms with E-state index in [-0.39, 0.29) is 17.9 Å². The minimum absolute atomic E-state index is 0.0720. The molecule has 2 fully saturated rings. The number of likely N-dealkylation sites (tertiary alicyclic amines) is 1. The maximum Gasteiger partial charge on any atom is 0.253 e. The zero-order chi connectivity index (χ0) is 19.9. The Morgan fingerprint density at radius 1 is 1.11 bits per heavy atom. The molecule has 1 N–H and O–H groups in total. The Morgan fingerprint density at radius 2 is 1.82 bits per heavy atom. The highest BCUT2D eigenvalue weighted by Crippen LogP contribution is 2.21. The van der Waals surface area contributed by atoms with E-state index in [0.717, 1.165) is 38.2 Å². The van der Waals surface area contributed by atoms with Gasteiger partial charge in [0.25, 0.3) is 5.91 Å². The smallest absolute Gasteiger partial charge is 0.253 e. The predicted octanol–water partition coefficient (Wildman–Crippen LogP) is 1.53. The zero-order valence-electron chi connectivity index (χ0n) is 16.9. The predicted molar refractivity (Wildman–Crippen MR) is 107 cm³/mol. The Kier molecular flexibility index (Phi) is 7.28. The standard InChI is InChI=1S/C21H31N3O4/c1-16-15-24(13-10-22-16)21(26)17-3-5-18(6-4-17)28-19-7-11-23(12-8-19)20(25)9-14-27-2/h3-6,16,19,22H,7-15H2,1-2H3/t16-/m1/s1. The number of hydrogen-bond acceptors (Lipinski definition) is 5. The van der Waals surface area contributed by atoms with Crippen LogP contribution < -0.4 is 10.1 Å². The Bertz CT molecular complexity index is 656. The van der Waals surface area contributed by atoms with Gasteiger partial charge in [-0.2, -0.15) is 0 Å². The van der Waals surface area contributed by atoms with E-state index in [1.54, 1.807) is 7.11 Å². The number of amides is 2. The van der Waals surface area contributed by atoms with Gasteiger partial charge in [0.05, 0.1) is 13.0 Å². The van der Waals surface area contributed by atoms with Crippen molar-refractivity contribution >= 4 is 11.8 Å². The molecule has 7 heteroatoms. The van der Waals surface area contributed by atoms with Crippen LogP contribution in [0.3, 0.4) is 0 Å². The second-order valence-electron chi connectivity index (χ2n) is 7.57. The monoisotopic (exact) mass is 389 g/mol. The maximum absolute atomic E-state index is 12.6. The van der Waals surface area contributed by atoms with E-state index in [0.29, 0.717) is 37.7 Å². The quantitative estimate of drug-likeness (QED) is 0.799. The molecule has 0 unspecified atom stereocenters. The third-order valence-corrected chi connectivity index (χ3v) is 5.37. The minimum Gasteiger partial charge on any atom is -0.490 e. The van der Waals surface area contributed by atoms with Crippen LogP contribution >= 0.6 is 0 Å². The van der Waals surface area contributed by atoms with Crippen LogP contribution in [0.2, 0.25) is 0 Å². The average molecular weight is 389 g/mol. The van der Waals surface area contributed by atoms with Crippen molar-refractivity contribution in [3.63, 3.8) is 0 Å². The molecule has 2 aliphatic heterocycles. The molecule has 3 rings (SSSR count). The molecule has 2 saturated heterocycles. The summed E-state index contributed by atoms with van der Waals surface area (Å²) in [6, 6.07) is 7.75. The largest absolute Gasteiger partial charge is 0.490 e. The molecule has 7 nitrogen and oxygen atoms in total. The van der Waals surface area contributed by atoms with Crippen molar-refractivity contribution in [1.29, 1.82) is 0 Å². The molecule has 1 atom stereocenters. The summed E-state index contributed by atoms with van der Waals surface area (Å²) in [5.41, 5.74) is 0.694. The van der Waals surface area contributed by atoms with Gasteiger partial charge in [0.2, 0.25) is 5.91 Å². The van der Waals surface area contributed by atoms with Gasteiger partial charge in [-0.3, -0.25) is 9.59 Å². The summed E-state index contributed by atoms with van der Waals surface area (Å²) in [5, 5.41) is 3.35. The van der Waals surface area contributed by atoms with Crippen LogP contribution in [0.4, 0.5) is 0 Å². The summed E-state index contributed by atoms with van der Waals surface area (Å²) in [6.45, 7) is 6.29. The number of nitrogens with zero attached hydrogens (tertiary/aromatic N) is 2. The molecule has 0 aromatic heterocycles. The Hall–Kier alpha value is -2.12. The first-order chi connectivity index (χ1) is 13.6. The number of methoxy groups -OCH3 is 1. The number of piperidine rings is 1. The van der Waals surface area contributed by atoms with E-state index in [1.807, 2.05) is 34.1 Å². The van der Waals surface area contributed by atoms with Crippen molar-refractivity contribution in [2.75, 3.05) is 46.4 Å². The number of carbonyl (C=O) groups excluding carboxylic acids is 2. The second kappa shape index (κ2) is 9.89. The molecule has 0 spiro atoms. The molecule has 2 aliphatic rings. The number of ether oxygens (including phenoxy) is 2. The summed E-state index contributed by atoms with van der Waals surface area (Å²) < 4.78 is 11.0. The summed E-state index contributed by atoms with van der Waals surface area (Å²) in [7, 11) is 1.61. The molecule has 0 aliphatic carbocycles. The highest BCUT2D eigenvalue weighted by molar-refractivity contribution is 5.94. The van der Waals surface area contributed by atoms with Crippen molar-refractivity contribution in [3.8, 4) is 5.75 Å². The number of hydrogen-bond donors (Lipinski definition) is 1. The van der Waals surface area contributed by atoms with Crippen molar-refractivity contribution in [3.05, 3.63) is 29.8 Å². The van der Waals surface area contributed by atoms with Crippen LogP contribution in [-0.2, 0) is 9.53 Å². The van der Waals surface area contributed by atoms with E-state index in [4.69, 9.17) is 9.47 Å². The lowest BCUT2D eigenvalue weighted by Gasteiger charge is -2.32. The highest BCUT2D eigenvalue weighted by Gasteiger charge is 2.24. The fourth-order valence-corrected chi connectivity index (χ4v) is 3.74. The average Bonchev–Trinajstić information content (AvgIpc) is 2.72. The van der Waals surface area contributed by atoms with Crippen molar-refractivity contribution < 1.29 is 19.1 Å². The lowest BCUT2D eigenvalue weighted by molar-refractivity contribution is -0.133. The van der Waals surface area contributed by atoms with E-state index in [1.165, 1.54) is 0 Å². The normalized spacial score (nSPS) is 20.9. The van der Waals surface area contributed by atoms with Crippen LogP contribution in [0.5, 0.6) is 5.75 Å². The van der Waals surface area contributed by atoms with Crippen LogP contribution in [0, 0.1) is 0 Å². The molecular weight excluding hydrogens is 358 g/mol. The van der Waals surface area contributed by atoms with Gasteiger partial charge < -0.3 is 24.6 Å². The molecule has 1 aromatic rings. The Morgan fingerprint density at radius 3 is 2.46 bits per heavy atom. The molecular formula is C21H31N3O4. The molecule has 2 amide bonds. The lowest BCUT2D eigenvalue weighted by atomic mass is 10.1. The topological polar surface area (TPSA) is 71.1 Å².